The fourth-order valence-corrected chi connectivity index (χ4v) is 2.97. The molecular formula is C15H27N5. The number of nitrogens with one attached hydrogen (secondary N) is 1. The highest BCUT2D eigenvalue weighted by Gasteiger charge is 2.27. The summed E-state index contributed by atoms with van der Waals surface area (Å²) in [5.74, 6) is 2.83. The quantitative estimate of drug-likeness (QED) is 0.863. The Morgan fingerprint density at radius 2 is 2.05 bits per heavy atom. The van der Waals surface area contributed by atoms with Crippen molar-refractivity contribution in [2.75, 3.05) is 42.9 Å². The molecule has 1 saturated heterocycles. The van der Waals surface area contributed by atoms with Crippen molar-refractivity contribution < 1.29 is 0 Å². The number of aryl methyl sites for hydroxylation is 1. The maximum absolute atomic E-state index is 4.60. The first-order chi connectivity index (χ1) is 9.67. The van der Waals surface area contributed by atoms with E-state index in [1.165, 1.54) is 6.42 Å². The minimum atomic E-state index is 0.655. The predicted molar refractivity (Wildman–Crippen MR) is 84.5 cm³/mol. The Kier molecular flexibility index (Phi) is 5.17. The second kappa shape index (κ2) is 6.88. The van der Waals surface area contributed by atoms with Crippen LogP contribution in [-0.4, -0.2) is 53.6 Å². The third kappa shape index (κ3) is 3.39. The van der Waals surface area contributed by atoms with Gasteiger partial charge in [0.05, 0.1) is 0 Å². The molecule has 1 atom stereocenters. The summed E-state index contributed by atoms with van der Waals surface area (Å²) in [4.78, 5) is 14.0. The molecule has 1 fully saturated rings. The molecule has 1 unspecified atom stereocenters. The lowest BCUT2D eigenvalue weighted by atomic mass is 10.2. The molecular weight excluding hydrogens is 250 g/mol. The van der Waals surface area contributed by atoms with Crippen LogP contribution in [0.25, 0.3) is 0 Å². The summed E-state index contributed by atoms with van der Waals surface area (Å²) in [6, 6.07) is 2.73. The zero-order valence-corrected chi connectivity index (χ0v) is 13.2. The molecule has 1 aliphatic rings. The van der Waals surface area contributed by atoms with Gasteiger partial charge in [0.2, 0.25) is 0 Å². The van der Waals surface area contributed by atoms with Crippen molar-refractivity contribution in [3.8, 4) is 0 Å². The van der Waals surface area contributed by atoms with Crippen LogP contribution in [0.15, 0.2) is 6.07 Å². The molecule has 0 spiro atoms. The number of hydrogen-bond donors (Lipinski definition) is 1. The maximum Gasteiger partial charge on any atom is 0.134 e. The molecule has 20 heavy (non-hydrogen) atoms. The molecule has 0 aromatic carbocycles. The van der Waals surface area contributed by atoms with E-state index in [0.29, 0.717) is 6.04 Å². The van der Waals surface area contributed by atoms with Gasteiger partial charge in [-0.15, -0.1) is 0 Å². The van der Waals surface area contributed by atoms with Crippen molar-refractivity contribution in [3.05, 3.63) is 11.9 Å². The molecule has 0 aliphatic carbocycles. The van der Waals surface area contributed by atoms with Gasteiger partial charge in [0, 0.05) is 31.7 Å². The second-order valence-corrected chi connectivity index (χ2v) is 5.30. The van der Waals surface area contributed by atoms with E-state index in [9.17, 15) is 0 Å². The molecule has 0 amide bonds. The summed E-state index contributed by atoms with van der Waals surface area (Å²) in [6.07, 6.45) is 1.22. The third-order valence-corrected chi connectivity index (χ3v) is 4.00. The zero-order valence-electron chi connectivity index (χ0n) is 13.2. The molecule has 0 bridgehead atoms. The SMILES string of the molecule is CCNc1cc(N2CCC(N(CC)CC)C2)nc(C)n1. The molecule has 1 aromatic rings. The van der Waals surface area contributed by atoms with Crippen LogP contribution in [0.3, 0.4) is 0 Å². The summed E-state index contributed by atoms with van der Waals surface area (Å²) in [6.45, 7) is 13.8. The largest absolute Gasteiger partial charge is 0.370 e. The highest BCUT2D eigenvalue weighted by molar-refractivity contribution is 5.50. The Hall–Kier alpha value is -1.36. The fraction of sp³-hybridized carbons (Fsp3) is 0.733. The highest BCUT2D eigenvalue weighted by Crippen LogP contribution is 2.23. The number of likely N-dealkylation sites (N-methyl/N-ethyl adjacent to an activating group) is 1. The minimum Gasteiger partial charge on any atom is -0.370 e. The van der Waals surface area contributed by atoms with E-state index in [4.69, 9.17) is 0 Å². The first-order valence-corrected chi connectivity index (χ1v) is 7.76. The number of rotatable bonds is 6. The van der Waals surface area contributed by atoms with Crippen LogP contribution in [0, 0.1) is 6.92 Å². The van der Waals surface area contributed by atoms with Gasteiger partial charge in [-0.05, 0) is 33.4 Å². The van der Waals surface area contributed by atoms with Gasteiger partial charge in [-0.3, -0.25) is 4.90 Å². The number of anilines is 2. The standard InChI is InChI=1S/C15H27N5/c1-5-16-14-10-15(18-12(4)17-14)20-9-8-13(11-20)19(6-2)7-3/h10,13H,5-9,11H2,1-4H3,(H,16,17,18). The van der Waals surface area contributed by atoms with Gasteiger partial charge in [0.1, 0.15) is 17.5 Å². The van der Waals surface area contributed by atoms with Gasteiger partial charge < -0.3 is 10.2 Å². The molecule has 0 saturated carbocycles. The Bertz CT molecular complexity index is 430. The van der Waals surface area contributed by atoms with Gasteiger partial charge in [0.25, 0.3) is 0 Å². The monoisotopic (exact) mass is 277 g/mol. The van der Waals surface area contributed by atoms with Crippen molar-refractivity contribution in [2.45, 2.75) is 40.2 Å². The molecule has 0 radical (unpaired) electrons. The van der Waals surface area contributed by atoms with Crippen molar-refractivity contribution >= 4 is 11.6 Å². The van der Waals surface area contributed by atoms with Gasteiger partial charge in [0.15, 0.2) is 0 Å². The molecule has 2 heterocycles. The van der Waals surface area contributed by atoms with Crippen LogP contribution in [0.5, 0.6) is 0 Å². The maximum atomic E-state index is 4.60. The van der Waals surface area contributed by atoms with E-state index >= 15 is 0 Å². The van der Waals surface area contributed by atoms with Gasteiger partial charge >= 0.3 is 0 Å². The summed E-state index contributed by atoms with van der Waals surface area (Å²) >= 11 is 0. The van der Waals surface area contributed by atoms with E-state index in [1.54, 1.807) is 0 Å². The second-order valence-electron chi connectivity index (χ2n) is 5.30. The van der Waals surface area contributed by atoms with Crippen LogP contribution >= 0.6 is 0 Å². The van der Waals surface area contributed by atoms with Crippen molar-refractivity contribution in [3.63, 3.8) is 0 Å². The molecule has 1 N–H and O–H groups in total. The Labute approximate surface area is 122 Å². The number of aromatic nitrogens is 2. The summed E-state index contributed by atoms with van der Waals surface area (Å²) in [5.41, 5.74) is 0. The third-order valence-electron chi connectivity index (χ3n) is 4.00. The van der Waals surface area contributed by atoms with Gasteiger partial charge in [-0.1, -0.05) is 13.8 Å². The van der Waals surface area contributed by atoms with E-state index in [1.807, 2.05) is 6.92 Å². The Morgan fingerprint density at radius 1 is 1.30 bits per heavy atom. The number of hydrogen-bond acceptors (Lipinski definition) is 5. The molecule has 1 aliphatic heterocycles. The van der Waals surface area contributed by atoms with E-state index in [2.05, 4.69) is 51.9 Å². The molecule has 2 rings (SSSR count). The predicted octanol–water partition coefficient (Wildman–Crippen LogP) is 2.14. The highest BCUT2D eigenvalue weighted by atomic mass is 15.3. The molecule has 5 nitrogen and oxygen atoms in total. The lowest BCUT2D eigenvalue weighted by Crippen LogP contribution is -2.37. The van der Waals surface area contributed by atoms with Crippen molar-refractivity contribution in [2.24, 2.45) is 0 Å². The fourth-order valence-electron chi connectivity index (χ4n) is 2.97. The Balaban J connectivity index is 2.09. The Morgan fingerprint density at radius 3 is 2.70 bits per heavy atom. The van der Waals surface area contributed by atoms with Crippen LogP contribution in [0.4, 0.5) is 11.6 Å². The smallest absolute Gasteiger partial charge is 0.134 e. The van der Waals surface area contributed by atoms with Crippen LogP contribution in [0.2, 0.25) is 0 Å². The first-order valence-electron chi connectivity index (χ1n) is 7.76. The average molecular weight is 277 g/mol. The molecule has 112 valence electrons. The van der Waals surface area contributed by atoms with Crippen molar-refractivity contribution in [1.29, 1.82) is 0 Å². The van der Waals surface area contributed by atoms with Gasteiger partial charge in [-0.2, -0.15) is 0 Å². The zero-order chi connectivity index (χ0) is 14.5. The summed E-state index contributed by atoms with van der Waals surface area (Å²) in [5, 5.41) is 3.28. The molecule has 5 heteroatoms. The van der Waals surface area contributed by atoms with Crippen LogP contribution in [-0.2, 0) is 0 Å². The topological polar surface area (TPSA) is 44.3 Å². The normalized spacial score (nSPS) is 18.9. The average Bonchev–Trinajstić information content (AvgIpc) is 2.90. The van der Waals surface area contributed by atoms with Crippen LogP contribution < -0.4 is 10.2 Å². The number of nitrogens with zero attached hydrogens (tertiary/aromatic N) is 4. The molecule has 1 aromatic heterocycles. The summed E-state index contributed by atoms with van der Waals surface area (Å²) < 4.78 is 0. The lowest BCUT2D eigenvalue weighted by molar-refractivity contribution is 0.232. The van der Waals surface area contributed by atoms with E-state index in [0.717, 1.165) is 50.2 Å². The van der Waals surface area contributed by atoms with E-state index in [-0.39, 0.29) is 0 Å². The van der Waals surface area contributed by atoms with Gasteiger partial charge in [-0.25, -0.2) is 9.97 Å². The van der Waals surface area contributed by atoms with Crippen LogP contribution in [0.1, 0.15) is 33.0 Å². The first kappa shape index (κ1) is 15.0. The minimum absolute atomic E-state index is 0.655. The van der Waals surface area contributed by atoms with E-state index < -0.39 is 0 Å². The van der Waals surface area contributed by atoms with Crippen molar-refractivity contribution in [1.82, 2.24) is 14.9 Å². The summed E-state index contributed by atoms with van der Waals surface area (Å²) in [7, 11) is 0. The lowest BCUT2D eigenvalue weighted by Gasteiger charge is -2.26.